The van der Waals surface area contributed by atoms with Crippen molar-refractivity contribution < 1.29 is 28.9 Å². The van der Waals surface area contributed by atoms with Gasteiger partial charge < -0.3 is 24.1 Å². The average Bonchev–Trinajstić information content (AvgIpc) is 2.60. The van der Waals surface area contributed by atoms with Crippen molar-refractivity contribution in [2.75, 3.05) is 14.2 Å². The Bertz CT molecular complexity index is 1020. The van der Waals surface area contributed by atoms with Crippen LogP contribution < -0.4 is 10.2 Å². The van der Waals surface area contributed by atoms with E-state index in [4.69, 9.17) is 9.15 Å². The molecule has 0 bridgehead atoms. The quantitative estimate of drug-likeness (QED) is 0.558. The number of phenolic OH excluding ortho intramolecular Hbond substituents is 1. The Hall–Kier alpha value is -3.06. The number of aliphatic hydroxyl groups excluding tert-OH is 1. The number of phenols is 1. The van der Waals surface area contributed by atoms with Gasteiger partial charge in [0.2, 0.25) is 5.43 Å². The van der Waals surface area contributed by atoms with Crippen LogP contribution in [-0.4, -0.2) is 30.4 Å². The van der Waals surface area contributed by atoms with E-state index in [1.165, 1.54) is 31.4 Å². The number of hydrogen-bond acceptors (Lipinski definition) is 7. The van der Waals surface area contributed by atoms with Crippen LogP contribution >= 0.6 is 0 Å². The van der Waals surface area contributed by atoms with Crippen LogP contribution in [-0.2, 0) is 11.3 Å². The van der Waals surface area contributed by atoms with Crippen molar-refractivity contribution in [3.63, 3.8) is 0 Å². The number of ether oxygens (including phenoxy) is 2. The molecule has 0 radical (unpaired) electrons. The van der Waals surface area contributed by atoms with Gasteiger partial charge in [-0.3, -0.25) is 4.79 Å². The van der Waals surface area contributed by atoms with E-state index in [0.717, 1.165) is 7.11 Å². The molecule has 0 atom stereocenters. The van der Waals surface area contributed by atoms with E-state index < -0.39 is 11.4 Å². The molecule has 0 unspecified atom stereocenters. The van der Waals surface area contributed by atoms with E-state index in [0.29, 0.717) is 5.56 Å². The number of esters is 1. The molecule has 2 aromatic carbocycles. The molecular formula is C17H14O7. The van der Waals surface area contributed by atoms with Crippen molar-refractivity contribution >= 4 is 27.9 Å². The van der Waals surface area contributed by atoms with Gasteiger partial charge in [0.15, 0.2) is 0 Å². The fraction of sp³-hybridized carbons (Fsp3) is 0.176. The van der Waals surface area contributed by atoms with Crippen LogP contribution in [0.25, 0.3) is 21.9 Å². The van der Waals surface area contributed by atoms with Crippen molar-refractivity contribution in [2.45, 2.75) is 6.61 Å². The lowest BCUT2D eigenvalue weighted by Gasteiger charge is -2.10. The van der Waals surface area contributed by atoms with Crippen LogP contribution in [0.15, 0.2) is 33.5 Å². The molecule has 0 saturated carbocycles. The summed E-state index contributed by atoms with van der Waals surface area (Å²) in [4.78, 5) is 24.9. The maximum atomic E-state index is 12.9. The maximum Gasteiger partial charge on any atom is 0.342 e. The van der Waals surface area contributed by atoms with Gasteiger partial charge in [-0.15, -0.1) is 0 Å². The van der Waals surface area contributed by atoms with Crippen LogP contribution in [0.4, 0.5) is 0 Å². The molecule has 0 aliphatic rings. The van der Waals surface area contributed by atoms with E-state index in [1.807, 2.05) is 0 Å². The Morgan fingerprint density at radius 1 is 1.17 bits per heavy atom. The highest BCUT2D eigenvalue weighted by molar-refractivity contribution is 6.08. The number of methoxy groups -OCH3 is 2. The van der Waals surface area contributed by atoms with Crippen molar-refractivity contribution in [1.82, 2.24) is 0 Å². The number of fused-ring (bicyclic) bond motifs is 2. The Labute approximate surface area is 135 Å². The molecule has 0 aliphatic carbocycles. The van der Waals surface area contributed by atoms with Gasteiger partial charge in [-0.2, -0.15) is 0 Å². The van der Waals surface area contributed by atoms with Crippen LogP contribution in [0.2, 0.25) is 0 Å². The molecule has 7 nitrogen and oxygen atoms in total. The first-order chi connectivity index (χ1) is 11.5. The normalized spacial score (nSPS) is 11.0. The van der Waals surface area contributed by atoms with Crippen LogP contribution in [0, 0.1) is 0 Å². The molecular weight excluding hydrogens is 316 g/mol. The number of hydrogen-bond donors (Lipinski definition) is 2. The minimum Gasteiger partial charge on any atom is -0.507 e. The van der Waals surface area contributed by atoms with Gasteiger partial charge in [-0.05, 0) is 29.8 Å². The molecule has 1 heterocycles. The third-order valence-electron chi connectivity index (χ3n) is 3.74. The zero-order valence-electron chi connectivity index (χ0n) is 13.0. The lowest BCUT2D eigenvalue weighted by molar-refractivity contribution is 0.0599. The van der Waals surface area contributed by atoms with E-state index in [1.54, 1.807) is 0 Å². The second-order valence-electron chi connectivity index (χ2n) is 5.08. The van der Waals surface area contributed by atoms with Crippen molar-refractivity contribution in [3.05, 3.63) is 45.6 Å². The first-order valence-corrected chi connectivity index (χ1v) is 7.00. The summed E-state index contributed by atoms with van der Waals surface area (Å²) in [5.74, 6) is -1.03. The van der Waals surface area contributed by atoms with E-state index in [-0.39, 0.29) is 45.6 Å². The average molecular weight is 330 g/mol. The SMILES string of the molecule is COC(=O)c1c(O)ccc2oc3cc(CO)cc(OC)c3c(=O)c12. The lowest BCUT2D eigenvalue weighted by atomic mass is 10.0. The summed E-state index contributed by atoms with van der Waals surface area (Å²) in [5, 5.41) is 19.3. The second kappa shape index (κ2) is 5.86. The molecule has 124 valence electrons. The van der Waals surface area contributed by atoms with Gasteiger partial charge in [-0.1, -0.05) is 0 Å². The summed E-state index contributed by atoms with van der Waals surface area (Å²) in [5.41, 5.74) is 0.0249. The summed E-state index contributed by atoms with van der Waals surface area (Å²) in [6.45, 7) is -0.253. The smallest absolute Gasteiger partial charge is 0.342 e. The Kier molecular flexibility index (Phi) is 3.86. The van der Waals surface area contributed by atoms with E-state index >= 15 is 0 Å². The highest BCUT2D eigenvalue weighted by Gasteiger charge is 2.22. The third kappa shape index (κ3) is 2.26. The van der Waals surface area contributed by atoms with E-state index in [2.05, 4.69) is 4.74 Å². The standard InChI is InChI=1S/C17H14O7/c1-22-11-5-8(7-18)6-12-14(11)16(20)15-10(24-12)4-3-9(19)13(15)17(21)23-2/h3-6,18-19H,7H2,1-2H3. The Morgan fingerprint density at radius 2 is 1.92 bits per heavy atom. The number of rotatable bonds is 3. The number of carbonyl (C=O) groups is 1. The number of carbonyl (C=O) groups excluding carboxylic acids is 1. The highest BCUT2D eigenvalue weighted by atomic mass is 16.5. The van der Waals surface area contributed by atoms with Crippen LogP contribution in [0.1, 0.15) is 15.9 Å². The molecule has 24 heavy (non-hydrogen) atoms. The van der Waals surface area contributed by atoms with Crippen molar-refractivity contribution in [1.29, 1.82) is 0 Å². The van der Waals surface area contributed by atoms with Crippen molar-refractivity contribution in [3.8, 4) is 11.5 Å². The first kappa shape index (κ1) is 15.8. The number of benzene rings is 2. The molecule has 0 fully saturated rings. The fourth-order valence-corrected chi connectivity index (χ4v) is 2.64. The summed E-state index contributed by atoms with van der Waals surface area (Å²) < 4.78 is 15.5. The minimum atomic E-state index is -0.851. The molecule has 0 amide bonds. The fourth-order valence-electron chi connectivity index (χ4n) is 2.64. The Balaban J connectivity index is 2.55. The Morgan fingerprint density at radius 3 is 2.54 bits per heavy atom. The summed E-state index contributed by atoms with van der Waals surface area (Å²) in [6.07, 6.45) is 0. The third-order valence-corrected chi connectivity index (χ3v) is 3.74. The van der Waals surface area contributed by atoms with E-state index in [9.17, 15) is 19.8 Å². The lowest BCUT2D eigenvalue weighted by Crippen LogP contribution is -2.11. The topological polar surface area (TPSA) is 106 Å². The molecule has 3 rings (SSSR count). The molecule has 3 aromatic rings. The minimum absolute atomic E-state index is 0.0931. The molecule has 2 N–H and O–H groups in total. The summed E-state index contributed by atoms with van der Waals surface area (Å²) in [6, 6.07) is 5.65. The number of aromatic hydroxyl groups is 1. The van der Waals surface area contributed by atoms with Crippen LogP contribution in [0.3, 0.4) is 0 Å². The van der Waals surface area contributed by atoms with Gasteiger partial charge in [0.25, 0.3) is 0 Å². The zero-order chi connectivity index (χ0) is 17.4. The summed E-state index contributed by atoms with van der Waals surface area (Å²) in [7, 11) is 2.53. The molecule has 0 spiro atoms. The largest absolute Gasteiger partial charge is 0.507 e. The van der Waals surface area contributed by atoms with Gasteiger partial charge in [0.05, 0.1) is 26.2 Å². The molecule has 7 heteroatoms. The van der Waals surface area contributed by atoms with Gasteiger partial charge >= 0.3 is 5.97 Å². The maximum absolute atomic E-state index is 12.9. The first-order valence-electron chi connectivity index (χ1n) is 7.00. The molecule has 0 aliphatic heterocycles. The van der Waals surface area contributed by atoms with Gasteiger partial charge in [0, 0.05) is 0 Å². The van der Waals surface area contributed by atoms with Gasteiger partial charge in [0.1, 0.15) is 33.6 Å². The monoisotopic (exact) mass is 330 g/mol. The molecule has 0 saturated heterocycles. The summed E-state index contributed by atoms with van der Waals surface area (Å²) >= 11 is 0. The predicted octanol–water partition coefficient (Wildman–Crippen LogP) is 1.94. The van der Waals surface area contributed by atoms with Crippen LogP contribution in [0.5, 0.6) is 11.5 Å². The highest BCUT2D eigenvalue weighted by Crippen LogP contribution is 2.32. The zero-order valence-corrected chi connectivity index (χ0v) is 13.0. The second-order valence-corrected chi connectivity index (χ2v) is 5.08. The van der Waals surface area contributed by atoms with Gasteiger partial charge in [-0.25, -0.2) is 4.79 Å². The molecule has 1 aromatic heterocycles. The predicted molar refractivity (Wildman–Crippen MR) is 85.5 cm³/mol. The number of aliphatic hydroxyl groups is 1. The van der Waals surface area contributed by atoms with Crippen molar-refractivity contribution in [2.24, 2.45) is 0 Å².